The molecule has 1 fully saturated rings. The predicted octanol–water partition coefficient (Wildman–Crippen LogP) is 4.12. The van der Waals surface area contributed by atoms with Crippen LogP contribution in [0.25, 0.3) is 0 Å². The Morgan fingerprint density at radius 3 is 2.35 bits per heavy atom. The maximum Gasteiger partial charge on any atom is 0.123 e. The Morgan fingerprint density at radius 1 is 1.10 bits per heavy atom. The molecule has 1 saturated carbocycles. The number of aryl methyl sites for hydroxylation is 1. The van der Waals surface area contributed by atoms with E-state index in [0.29, 0.717) is 11.6 Å². The molecule has 0 aromatic heterocycles. The molecule has 2 aromatic carbocycles. The lowest BCUT2D eigenvalue weighted by Gasteiger charge is -2.05. The van der Waals surface area contributed by atoms with Crippen LogP contribution in [0.2, 0.25) is 0 Å². The summed E-state index contributed by atoms with van der Waals surface area (Å²) in [6.07, 6.45) is 0.972. The molecule has 1 aliphatic rings. The molecule has 0 bridgehead atoms. The van der Waals surface area contributed by atoms with Crippen LogP contribution in [0.4, 0.5) is 4.39 Å². The minimum absolute atomic E-state index is 0.216. The predicted molar refractivity (Wildman–Crippen MR) is 76.8 cm³/mol. The average Bonchev–Trinajstić information content (AvgIpc) is 3.23. The first-order valence-electron chi connectivity index (χ1n) is 6.73. The molecule has 0 saturated heterocycles. The van der Waals surface area contributed by atoms with Crippen LogP contribution in [0.3, 0.4) is 0 Å². The highest BCUT2D eigenvalue weighted by Crippen LogP contribution is 2.49. The first-order valence-corrected chi connectivity index (χ1v) is 6.73. The van der Waals surface area contributed by atoms with Crippen molar-refractivity contribution in [2.24, 2.45) is 11.1 Å². The Kier molecular flexibility index (Phi) is 3.26. The Hall–Kier alpha value is -2.16. The molecule has 0 unspecified atom stereocenters. The molecule has 0 spiro atoms. The van der Waals surface area contributed by atoms with E-state index >= 15 is 0 Å². The maximum atomic E-state index is 12.9. The molecule has 0 aliphatic heterocycles. The van der Waals surface area contributed by atoms with Gasteiger partial charge in [-0.25, -0.2) is 4.39 Å². The zero-order valence-corrected chi connectivity index (χ0v) is 11.3. The number of nitrogens with zero attached hydrogens (tertiary/aromatic N) is 1. The molecule has 0 radical (unpaired) electrons. The van der Waals surface area contributed by atoms with Crippen molar-refractivity contribution in [3.05, 3.63) is 71.0 Å². The third-order valence-corrected chi connectivity index (χ3v) is 3.89. The monoisotopic (exact) mass is 269 g/mol. The smallest absolute Gasteiger partial charge is 0.123 e. The van der Waals surface area contributed by atoms with Gasteiger partial charge in [0.1, 0.15) is 5.82 Å². The molecule has 2 atom stereocenters. The number of oxime groups is 1. The van der Waals surface area contributed by atoms with Gasteiger partial charge in [-0.1, -0.05) is 47.1 Å². The second-order valence-electron chi connectivity index (χ2n) is 5.35. The summed E-state index contributed by atoms with van der Waals surface area (Å²) in [4.78, 5) is 0. The topological polar surface area (TPSA) is 32.6 Å². The molecule has 20 heavy (non-hydrogen) atoms. The summed E-state index contributed by atoms with van der Waals surface area (Å²) in [7, 11) is 0. The lowest BCUT2D eigenvalue weighted by molar-refractivity contribution is 0.317. The second kappa shape index (κ2) is 5.08. The van der Waals surface area contributed by atoms with E-state index in [2.05, 4.69) is 36.3 Å². The van der Waals surface area contributed by atoms with E-state index in [4.69, 9.17) is 0 Å². The van der Waals surface area contributed by atoms with Gasteiger partial charge < -0.3 is 5.21 Å². The molecule has 3 rings (SSSR count). The lowest BCUT2D eigenvalue weighted by Crippen LogP contribution is -2.05. The van der Waals surface area contributed by atoms with Crippen molar-refractivity contribution in [3.63, 3.8) is 0 Å². The Balaban J connectivity index is 1.80. The summed E-state index contributed by atoms with van der Waals surface area (Å²) < 4.78 is 12.9. The van der Waals surface area contributed by atoms with Crippen molar-refractivity contribution < 1.29 is 9.60 Å². The number of rotatable bonds is 3. The largest absolute Gasteiger partial charge is 0.411 e. The number of halogens is 1. The van der Waals surface area contributed by atoms with Crippen LogP contribution >= 0.6 is 0 Å². The maximum absolute atomic E-state index is 12.9. The molecule has 1 N–H and O–H groups in total. The zero-order valence-electron chi connectivity index (χ0n) is 11.3. The van der Waals surface area contributed by atoms with Crippen molar-refractivity contribution in [3.8, 4) is 0 Å². The van der Waals surface area contributed by atoms with Crippen LogP contribution in [0.1, 0.15) is 29.0 Å². The van der Waals surface area contributed by atoms with Crippen LogP contribution in [0, 0.1) is 18.7 Å². The second-order valence-corrected chi connectivity index (χ2v) is 5.35. The van der Waals surface area contributed by atoms with Gasteiger partial charge in [-0.05, 0) is 42.5 Å². The molecular formula is C17H16FNO. The first-order chi connectivity index (χ1) is 9.69. The van der Waals surface area contributed by atoms with E-state index in [1.54, 1.807) is 12.1 Å². The number of hydrogen-bond donors (Lipinski definition) is 1. The summed E-state index contributed by atoms with van der Waals surface area (Å²) >= 11 is 0. The highest BCUT2D eigenvalue weighted by Gasteiger charge is 2.42. The normalized spacial score (nSPS) is 21.8. The Morgan fingerprint density at radius 2 is 1.75 bits per heavy atom. The van der Waals surface area contributed by atoms with Crippen molar-refractivity contribution in [1.82, 2.24) is 0 Å². The van der Waals surface area contributed by atoms with E-state index in [0.717, 1.165) is 12.0 Å². The van der Waals surface area contributed by atoms with Gasteiger partial charge in [0, 0.05) is 5.92 Å². The van der Waals surface area contributed by atoms with E-state index in [1.165, 1.54) is 23.3 Å². The summed E-state index contributed by atoms with van der Waals surface area (Å²) in [5.74, 6) is 0.330. The zero-order chi connectivity index (χ0) is 14.1. The van der Waals surface area contributed by atoms with E-state index in [1.807, 2.05) is 0 Å². The Bertz CT molecular complexity index is 631. The van der Waals surface area contributed by atoms with Gasteiger partial charge in [-0.15, -0.1) is 0 Å². The summed E-state index contributed by atoms with van der Waals surface area (Å²) in [6.45, 7) is 2.06. The van der Waals surface area contributed by atoms with Gasteiger partial charge >= 0.3 is 0 Å². The lowest BCUT2D eigenvalue weighted by atomic mass is 10.0. The van der Waals surface area contributed by atoms with Gasteiger partial charge in [-0.2, -0.15) is 0 Å². The summed E-state index contributed by atoms with van der Waals surface area (Å²) in [6, 6.07) is 14.5. The molecule has 0 heterocycles. The highest BCUT2D eigenvalue weighted by atomic mass is 19.1. The fourth-order valence-electron chi connectivity index (χ4n) is 2.65. The van der Waals surface area contributed by atoms with Crippen LogP contribution in [0.15, 0.2) is 53.7 Å². The minimum atomic E-state index is -0.281. The van der Waals surface area contributed by atoms with Crippen LogP contribution in [-0.2, 0) is 0 Å². The van der Waals surface area contributed by atoms with Gasteiger partial charge in [-0.3, -0.25) is 0 Å². The van der Waals surface area contributed by atoms with Crippen molar-refractivity contribution in [2.45, 2.75) is 19.3 Å². The quantitative estimate of drug-likeness (QED) is 0.507. The molecule has 2 aromatic rings. The van der Waals surface area contributed by atoms with Crippen molar-refractivity contribution in [1.29, 1.82) is 0 Å². The van der Waals surface area contributed by atoms with E-state index in [-0.39, 0.29) is 11.7 Å². The number of benzene rings is 2. The van der Waals surface area contributed by atoms with Crippen molar-refractivity contribution in [2.75, 3.05) is 0 Å². The van der Waals surface area contributed by atoms with Gasteiger partial charge in [0.05, 0.1) is 5.71 Å². The molecule has 2 nitrogen and oxygen atoms in total. The summed E-state index contributed by atoms with van der Waals surface area (Å²) in [5, 5.41) is 12.7. The standard InChI is InChI=1S/C17H16FNO/c1-11-2-4-12(5-3-11)15-10-16(15)17(19-20)13-6-8-14(18)9-7-13/h2-9,15-16,20H,10H2,1H3/b19-17-/t15-,16-/m1/s1. The van der Waals surface area contributed by atoms with Gasteiger partial charge in [0.15, 0.2) is 0 Å². The van der Waals surface area contributed by atoms with Crippen molar-refractivity contribution >= 4 is 5.71 Å². The SMILES string of the molecule is Cc1ccc([C@H]2C[C@H]2/C(=N\O)c2ccc(F)cc2)cc1. The molecular weight excluding hydrogens is 253 g/mol. The molecule has 0 amide bonds. The van der Waals surface area contributed by atoms with Gasteiger partial charge in [0.2, 0.25) is 0 Å². The van der Waals surface area contributed by atoms with Crippen LogP contribution < -0.4 is 0 Å². The van der Waals surface area contributed by atoms with Gasteiger partial charge in [0.25, 0.3) is 0 Å². The third-order valence-electron chi connectivity index (χ3n) is 3.89. The first kappa shape index (κ1) is 12.9. The Labute approximate surface area is 117 Å². The van der Waals surface area contributed by atoms with E-state index < -0.39 is 0 Å². The van der Waals surface area contributed by atoms with Crippen LogP contribution in [-0.4, -0.2) is 10.9 Å². The average molecular weight is 269 g/mol. The molecule has 102 valence electrons. The molecule has 3 heteroatoms. The van der Waals surface area contributed by atoms with Crippen LogP contribution in [0.5, 0.6) is 0 Å². The highest BCUT2D eigenvalue weighted by molar-refractivity contribution is 6.04. The molecule has 1 aliphatic carbocycles. The fourth-order valence-corrected chi connectivity index (χ4v) is 2.65. The number of hydrogen-bond acceptors (Lipinski definition) is 2. The third kappa shape index (κ3) is 2.44. The summed E-state index contributed by atoms with van der Waals surface area (Å²) in [5.41, 5.74) is 3.94. The van der Waals surface area contributed by atoms with E-state index in [9.17, 15) is 9.60 Å². The minimum Gasteiger partial charge on any atom is -0.411 e. The fraction of sp³-hybridized carbons (Fsp3) is 0.235.